The predicted octanol–water partition coefficient (Wildman–Crippen LogP) is 9.72. The number of hydrogen-bond donors (Lipinski definition) is 0. The summed E-state index contributed by atoms with van der Waals surface area (Å²) >= 11 is -3.90. The first-order valence-electron chi connectivity index (χ1n) is 17.0. The molecule has 2 aromatic heterocycles. The van der Waals surface area contributed by atoms with E-state index in [9.17, 15) is 0 Å². The SMILES string of the molecule is c1ccc([N]2c3ccccc3[N]3c4ccccc4[N](c4cccc(-n5c6ccccc6n6c7ccccc7nc56)c4)[Ge]23[c]2ccccc2)cc1. The fourth-order valence-corrected chi connectivity index (χ4v) is 19.2. The number of fused-ring (bicyclic) bond motifs is 10. The Morgan fingerprint density at radius 1 is 0.380 bits per heavy atom. The van der Waals surface area contributed by atoms with Gasteiger partial charge in [0.2, 0.25) is 0 Å². The molecular weight excluding hydrogens is 673 g/mol. The summed E-state index contributed by atoms with van der Waals surface area (Å²) in [6.45, 7) is 0. The Labute approximate surface area is 292 Å². The fourth-order valence-electron chi connectivity index (χ4n) is 8.43. The van der Waals surface area contributed by atoms with Crippen LogP contribution in [0, 0.1) is 0 Å². The maximum atomic E-state index is 5.19. The molecule has 236 valence electrons. The van der Waals surface area contributed by atoms with Crippen molar-refractivity contribution in [3.63, 3.8) is 0 Å². The Morgan fingerprint density at radius 3 is 1.58 bits per heavy atom. The van der Waals surface area contributed by atoms with Crippen molar-refractivity contribution in [1.82, 2.24) is 14.0 Å². The standard InChI is InChI=1S/C43H30GeN6/c1-3-16-31(17-4-1)44-48(32-18-5-2-6-19-32)39-26-11-13-28-41(39)50(44)42-29-14-12-27-40(42)49(44)34-21-15-20-33(30-34)46-37-24-9-10-25-38(37)47-36-23-8-7-22-35(36)45-43(46)47/h1-30H. The van der Waals surface area contributed by atoms with Gasteiger partial charge in [0.15, 0.2) is 0 Å². The van der Waals surface area contributed by atoms with Gasteiger partial charge in [-0.3, -0.25) is 0 Å². The zero-order valence-electron chi connectivity index (χ0n) is 27.0. The molecule has 1 atom stereocenters. The van der Waals surface area contributed by atoms with Crippen LogP contribution in [0.3, 0.4) is 0 Å². The van der Waals surface area contributed by atoms with Gasteiger partial charge >= 0.3 is 293 Å². The molecule has 0 saturated carbocycles. The first kappa shape index (κ1) is 27.7. The van der Waals surface area contributed by atoms with E-state index in [-0.39, 0.29) is 0 Å². The second-order valence-corrected chi connectivity index (χ2v) is 19.6. The third-order valence-electron chi connectivity index (χ3n) is 10.3. The van der Waals surface area contributed by atoms with E-state index in [2.05, 4.69) is 203 Å². The van der Waals surface area contributed by atoms with Gasteiger partial charge in [0.05, 0.1) is 0 Å². The third kappa shape index (κ3) is 3.55. The van der Waals surface area contributed by atoms with Crippen LogP contribution in [-0.2, 0) is 0 Å². The van der Waals surface area contributed by atoms with Crippen LogP contribution in [0.4, 0.5) is 34.1 Å². The number of imidazole rings is 2. The van der Waals surface area contributed by atoms with E-state index < -0.39 is 13.9 Å². The quantitative estimate of drug-likeness (QED) is 0.171. The third-order valence-corrected chi connectivity index (χ3v) is 19.6. The van der Waals surface area contributed by atoms with Gasteiger partial charge < -0.3 is 0 Å². The van der Waals surface area contributed by atoms with E-state index in [1.807, 2.05) is 0 Å². The molecule has 0 N–H and O–H groups in total. The van der Waals surface area contributed by atoms with Gasteiger partial charge in [-0.15, -0.1) is 0 Å². The molecule has 0 fully saturated rings. The average Bonchev–Trinajstić information content (AvgIpc) is 3.89. The van der Waals surface area contributed by atoms with Crippen molar-refractivity contribution in [2.75, 3.05) is 11.6 Å². The minimum absolute atomic E-state index is 0.909. The molecule has 4 heterocycles. The molecule has 0 amide bonds. The number of hydrogen-bond acceptors (Lipinski definition) is 4. The molecule has 11 rings (SSSR count). The second kappa shape index (κ2) is 10.4. The molecule has 7 aromatic carbocycles. The number of benzene rings is 7. The van der Waals surface area contributed by atoms with Crippen molar-refractivity contribution in [1.29, 1.82) is 0 Å². The van der Waals surface area contributed by atoms with Gasteiger partial charge in [0, 0.05) is 0 Å². The van der Waals surface area contributed by atoms with E-state index >= 15 is 0 Å². The Hall–Kier alpha value is -6.25. The number of anilines is 6. The van der Waals surface area contributed by atoms with Crippen LogP contribution < -0.4 is 16.0 Å². The molecule has 0 spiro atoms. The van der Waals surface area contributed by atoms with E-state index in [1.165, 1.54) is 32.8 Å². The van der Waals surface area contributed by atoms with Gasteiger partial charge in [-0.05, 0) is 0 Å². The van der Waals surface area contributed by atoms with Gasteiger partial charge in [-0.1, -0.05) is 0 Å². The molecule has 0 aliphatic carbocycles. The number of nitrogens with zero attached hydrogens (tertiary/aromatic N) is 6. The first-order chi connectivity index (χ1) is 24.8. The topological polar surface area (TPSA) is 32.0 Å². The summed E-state index contributed by atoms with van der Waals surface area (Å²) in [6, 6.07) is 66.2. The van der Waals surface area contributed by atoms with Crippen LogP contribution in [0.2, 0.25) is 0 Å². The van der Waals surface area contributed by atoms with Crippen molar-refractivity contribution >= 4 is 80.3 Å². The van der Waals surface area contributed by atoms with Crippen LogP contribution in [-0.4, -0.2) is 27.9 Å². The van der Waals surface area contributed by atoms with Crippen LogP contribution in [0.25, 0.3) is 33.5 Å². The van der Waals surface area contributed by atoms with Crippen molar-refractivity contribution in [2.45, 2.75) is 0 Å². The zero-order chi connectivity index (χ0) is 32.8. The van der Waals surface area contributed by atoms with E-state index in [0.29, 0.717) is 0 Å². The van der Waals surface area contributed by atoms with E-state index in [1.54, 1.807) is 0 Å². The fraction of sp³-hybridized carbons (Fsp3) is 0. The molecule has 0 radical (unpaired) electrons. The summed E-state index contributed by atoms with van der Waals surface area (Å²) in [7, 11) is 0. The van der Waals surface area contributed by atoms with E-state index in [0.717, 1.165) is 39.2 Å². The van der Waals surface area contributed by atoms with Gasteiger partial charge in [0.1, 0.15) is 0 Å². The normalized spacial score (nSPS) is 16.4. The Bertz CT molecular complexity index is 2740. The van der Waals surface area contributed by atoms with Crippen molar-refractivity contribution in [3.8, 4) is 5.69 Å². The molecular formula is C43H30GeN6. The monoisotopic (exact) mass is 704 g/mol. The van der Waals surface area contributed by atoms with Crippen molar-refractivity contribution < 1.29 is 0 Å². The van der Waals surface area contributed by atoms with Crippen LogP contribution in [0.15, 0.2) is 182 Å². The first-order valence-corrected chi connectivity index (χ1v) is 20.9. The van der Waals surface area contributed by atoms with Gasteiger partial charge in [0.25, 0.3) is 0 Å². The zero-order valence-corrected chi connectivity index (χ0v) is 29.1. The molecule has 1 unspecified atom stereocenters. The summed E-state index contributed by atoms with van der Waals surface area (Å²) in [5, 5.41) is 0. The summed E-state index contributed by atoms with van der Waals surface area (Å²) in [6.07, 6.45) is 0. The van der Waals surface area contributed by atoms with Gasteiger partial charge in [-0.2, -0.15) is 0 Å². The number of aromatic nitrogens is 3. The van der Waals surface area contributed by atoms with E-state index in [4.69, 9.17) is 4.98 Å². The van der Waals surface area contributed by atoms with Crippen LogP contribution in [0.5, 0.6) is 0 Å². The molecule has 2 aliphatic heterocycles. The average molecular weight is 703 g/mol. The van der Waals surface area contributed by atoms with Crippen LogP contribution >= 0.6 is 0 Å². The summed E-state index contributed by atoms with van der Waals surface area (Å²) in [4.78, 5) is 5.19. The second-order valence-electron chi connectivity index (χ2n) is 12.9. The van der Waals surface area contributed by atoms with Crippen molar-refractivity contribution in [3.05, 3.63) is 182 Å². The molecule has 7 heteroatoms. The maximum absolute atomic E-state index is 5.19. The Kier molecular flexibility index (Phi) is 5.74. The molecule has 9 aromatic rings. The number of rotatable bonds is 4. The molecule has 0 bridgehead atoms. The Morgan fingerprint density at radius 2 is 0.880 bits per heavy atom. The summed E-state index contributed by atoms with van der Waals surface area (Å²) in [5.41, 5.74) is 12.7. The molecule has 2 aliphatic rings. The summed E-state index contributed by atoms with van der Waals surface area (Å²) in [5.74, 6) is 0.909. The van der Waals surface area contributed by atoms with Crippen molar-refractivity contribution in [2.24, 2.45) is 0 Å². The Balaban J connectivity index is 1.23. The molecule has 6 nitrogen and oxygen atoms in total. The molecule has 50 heavy (non-hydrogen) atoms. The summed E-state index contributed by atoms with van der Waals surface area (Å²) < 4.78 is 14.1. The minimum atomic E-state index is -3.90. The predicted molar refractivity (Wildman–Crippen MR) is 207 cm³/mol. The number of para-hydroxylation sites is 9. The van der Waals surface area contributed by atoms with Gasteiger partial charge in [-0.25, -0.2) is 0 Å². The molecule has 0 saturated heterocycles. The van der Waals surface area contributed by atoms with Crippen LogP contribution in [0.1, 0.15) is 0 Å².